The van der Waals surface area contributed by atoms with E-state index in [0.717, 1.165) is 16.3 Å². The molecular formula is C15H20N2O4S. The van der Waals surface area contributed by atoms with Gasteiger partial charge in [0.15, 0.2) is 0 Å². The molecule has 120 valence electrons. The monoisotopic (exact) mass is 324 g/mol. The van der Waals surface area contributed by atoms with Crippen LogP contribution < -0.4 is 9.03 Å². The van der Waals surface area contributed by atoms with Gasteiger partial charge in [-0.2, -0.15) is 8.42 Å². The number of carbonyl (C=O) groups excluding carboxylic acids is 1. The van der Waals surface area contributed by atoms with E-state index in [1.807, 2.05) is 10.8 Å². The van der Waals surface area contributed by atoms with Gasteiger partial charge >= 0.3 is 10.2 Å². The summed E-state index contributed by atoms with van der Waals surface area (Å²) < 4.78 is 26.4. The summed E-state index contributed by atoms with van der Waals surface area (Å²) in [6.07, 6.45) is 7.14. The van der Waals surface area contributed by atoms with E-state index < -0.39 is 16.1 Å². The van der Waals surface area contributed by atoms with Crippen molar-refractivity contribution in [3.63, 3.8) is 0 Å². The number of anilines is 1. The lowest BCUT2D eigenvalue weighted by Crippen LogP contribution is -2.29. The van der Waals surface area contributed by atoms with E-state index in [9.17, 15) is 18.3 Å². The van der Waals surface area contributed by atoms with Gasteiger partial charge in [0.1, 0.15) is 12.3 Å². The summed E-state index contributed by atoms with van der Waals surface area (Å²) in [6.45, 7) is -0.294. The molecule has 0 radical (unpaired) electrons. The number of nitrogens with zero attached hydrogens (tertiary/aromatic N) is 1. The van der Waals surface area contributed by atoms with Crippen LogP contribution in [0.25, 0.3) is 0 Å². The first-order chi connectivity index (χ1) is 10.5. The highest BCUT2D eigenvalue weighted by Gasteiger charge is 2.35. The van der Waals surface area contributed by atoms with Crippen molar-refractivity contribution < 1.29 is 18.3 Å². The Bertz CT molecular complexity index is 681. The third kappa shape index (κ3) is 3.04. The third-order valence-corrected chi connectivity index (χ3v) is 5.77. The van der Waals surface area contributed by atoms with Crippen LogP contribution in [0.2, 0.25) is 0 Å². The second-order valence-corrected chi connectivity index (χ2v) is 7.66. The van der Waals surface area contributed by atoms with Crippen LogP contribution in [0.5, 0.6) is 5.75 Å². The number of hydrogen-bond donors (Lipinski definition) is 2. The fourth-order valence-electron chi connectivity index (χ4n) is 3.29. The molecule has 7 heteroatoms. The molecule has 1 saturated heterocycles. The Kier molecular flexibility index (Phi) is 3.99. The van der Waals surface area contributed by atoms with Crippen molar-refractivity contribution in [2.75, 3.05) is 10.8 Å². The van der Waals surface area contributed by atoms with Crippen molar-refractivity contribution in [2.24, 2.45) is 5.92 Å². The van der Waals surface area contributed by atoms with Crippen LogP contribution in [-0.2, 0) is 21.4 Å². The van der Waals surface area contributed by atoms with Crippen LogP contribution in [0.1, 0.15) is 37.7 Å². The summed E-state index contributed by atoms with van der Waals surface area (Å²) >= 11 is 0. The Morgan fingerprint density at radius 3 is 2.55 bits per heavy atom. The van der Waals surface area contributed by atoms with Crippen LogP contribution in [0.3, 0.4) is 0 Å². The van der Waals surface area contributed by atoms with Gasteiger partial charge in [-0.1, -0.05) is 38.2 Å². The molecule has 0 bridgehead atoms. The largest absolute Gasteiger partial charge is 0.506 e. The van der Waals surface area contributed by atoms with Gasteiger partial charge < -0.3 is 5.11 Å². The minimum absolute atomic E-state index is 0.103. The van der Waals surface area contributed by atoms with Gasteiger partial charge in [-0.25, -0.2) is 9.03 Å². The van der Waals surface area contributed by atoms with Crippen LogP contribution in [0.15, 0.2) is 18.2 Å². The van der Waals surface area contributed by atoms with Crippen molar-refractivity contribution in [3.8, 4) is 5.75 Å². The summed E-state index contributed by atoms with van der Waals surface area (Å²) in [5.74, 6) is -0.0585. The standard InChI is InChI=1S/C15H20N2O4S/c18-14-9-12(8-11-4-2-1-3-5-11)6-7-13(14)17-10-15(19)16-22(17,20)21/h6-7,9,11,18H,1-5,8,10H2,(H,16,19). The number of hydrogen-bond acceptors (Lipinski definition) is 4. The molecule has 1 aliphatic heterocycles. The zero-order valence-electron chi connectivity index (χ0n) is 12.3. The Hall–Kier alpha value is -1.76. The van der Waals surface area contributed by atoms with Gasteiger partial charge in [0.2, 0.25) is 0 Å². The summed E-state index contributed by atoms with van der Waals surface area (Å²) in [5.41, 5.74) is 1.15. The van der Waals surface area contributed by atoms with E-state index in [0.29, 0.717) is 5.92 Å². The van der Waals surface area contributed by atoms with E-state index >= 15 is 0 Å². The molecule has 1 aliphatic carbocycles. The van der Waals surface area contributed by atoms with Gasteiger partial charge in [-0.05, 0) is 30.0 Å². The zero-order chi connectivity index (χ0) is 15.7. The van der Waals surface area contributed by atoms with Crippen molar-refractivity contribution in [1.29, 1.82) is 0 Å². The first-order valence-corrected chi connectivity index (χ1v) is 9.05. The predicted octanol–water partition coefficient (Wildman–Crippen LogP) is 1.70. The Labute approximate surface area is 130 Å². The van der Waals surface area contributed by atoms with Crippen LogP contribution in [0, 0.1) is 5.92 Å². The topological polar surface area (TPSA) is 86.7 Å². The normalized spacial score (nSPS) is 21.8. The van der Waals surface area contributed by atoms with Gasteiger partial charge in [-0.3, -0.25) is 4.79 Å². The summed E-state index contributed by atoms with van der Waals surface area (Å²) in [5, 5.41) is 10.2. The Morgan fingerprint density at radius 2 is 1.95 bits per heavy atom. The molecule has 6 nitrogen and oxygen atoms in total. The maximum Gasteiger partial charge on any atom is 0.326 e. The molecule has 1 heterocycles. The van der Waals surface area contributed by atoms with Crippen molar-refractivity contribution in [3.05, 3.63) is 23.8 Å². The average molecular weight is 324 g/mol. The minimum atomic E-state index is -3.88. The minimum Gasteiger partial charge on any atom is -0.506 e. The molecule has 0 unspecified atom stereocenters. The molecule has 1 aromatic carbocycles. The summed E-state index contributed by atoms with van der Waals surface area (Å²) in [7, 11) is -3.88. The average Bonchev–Trinajstić information content (AvgIpc) is 2.73. The quantitative estimate of drug-likeness (QED) is 0.886. The first kappa shape index (κ1) is 15.1. The van der Waals surface area contributed by atoms with E-state index in [-0.39, 0.29) is 18.0 Å². The molecule has 2 fully saturated rings. The highest BCUT2D eigenvalue weighted by atomic mass is 32.2. The molecule has 0 atom stereocenters. The lowest BCUT2D eigenvalue weighted by molar-refractivity contribution is -0.117. The second kappa shape index (κ2) is 5.79. The molecule has 2 aliphatic rings. The SMILES string of the molecule is O=C1CN(c2ccc(CC3CCCCC3)cc2O)S(=O)(=O)N1. The number of aromatic hydroxyl groups is 1. The van der Waals surface area contributed by atoms with Crippen LogP contribution in [0.4, 0.5) is 5.69 Å². The number of benzene rings is 1. The first-order valence-electron chi connectivity index (χ1n) is 7.61. The highest BCUT2D eigenvalue weighted by molar-refractivity contribution is 7.92. The molecule has 0 spiro atoms. The van der Waals surface area contributed by atoms with E-state index in [1.165, 1.54) is 32.1 Å². The Morgan fingerprint density at radius 1 is 1.23 bits per heavy atom. The number of phenolic OH excluding ortho intramolecular Hbond substituents is 1. The molecule has 2 N–H and O–H groups in total. The third-order valence-electron chi connectivity index (χ3n) is 4.38. The zero-order valence-corrected chi connectivity index (χ0v) is 13.1. The van der Waals surface area contributed by atoms with Crippen LogP contribution in [-0.4, -0.2) is 26.0 Å². The van der Waals surface area contributed by atoms with Gasteiger partial charge in [0.05, 0.1) is 5.69 Å². The predicted molar refractivity (Wildman–Crippen MR) is 82.8 cm³/mol. The number of phenols is 1. The number of carbonyl (C=O) groups is 1. The maximum absolute atomic E-state index is 11.8. The van der Waals surface area contributed by atoms with Gasteiger partial charge in [-0.15, -0.1) is 0 Å². The van der Waals surface area contributed by atoms with Crippen LogP contribution >= 0.6 is 0 Å². The van der Waals surface area contributed by atoms with Crippen molar-refractivity contribution >= 4 is 21.8 Å². The molecule has 1 aromatic rings. The number of nitrogens with one attached hydrogen (secondary N) is 1. The lowest BCUT2D eigenvalue weighted by atomic mass is 9.85. The maximum atomic E-state index is 11.8. The van der Waals surface area contributed by atoms with E-state index in [4.69, 9.17) is 0 Å². The molecule has 22 heavy (non-hydrogen) atoms. The van der Waals surface area contributed by atoms with Crippen molar-refractivity contribution in [2.45, 2.75) is 38.5 Å². The van der Waals surface area contributed by atoms with E-state index in [2.05, 4.69) is 0 Å². The highest BCUT2D eigenvalue weighted by Crippen LogP contribution is 2.33. The Balaban J connectivity index is 1.79. The molecule has 1 saturated carbocycles. The van der Waals surface area contributed by atoms with Gasteiger partial charge in [0.25, 0.3) is 5.91 Å². The summed E-state index contributed by atoms with van der Waals surface area (Å²) in [4.78, 5) is 11.3. The second-order valence-electron chi connectivity index (χ2n) is 6.07. The van der Waals surface area contributed by atoms with E-state index in [1.54, 1.807) is 12.1 Å². The number of amides is 1. The van der Waals surface area contributed by atoms with Crippen molar-refractivity contribution in [1.82, 2.24) is 4.72 Å². The fraction of sp³-hybridized carbons (Fsp3) is 0.533. The molecule has 1 amide bonds. The lowest BCUT2D eigenvalue weighted by Gasteiger charge is -2.22. The smallest absolute Gasteiger partial charge is 0.326 e. The molecular weight excluding hydrogens is 304 g/mol. The molecule has 0 aromatic heterocycles. The number of rotatable bonds is 3. The fourth-order valence-corrected chi connectivity index (χ4v) is 4.46. The summed E-state index contributed by atoms with van der Waals surface area (Å²) in [6, 6.07) is 5.02. The van der Waals surface area contributed by atoms with Gasteiger partial charge in [0, 0.05) is 0 Å². The molecule has 3 rings (SSSR count).